The van der Waals surface area contributed by atoms with E-state index in [1.54, 1.807) is 17.0 Å². The molecule has 0 fully saturated rings. The van der Waals surface area contributed by atoms with Gasteiger partial charge in [0.2, 0.25) is 0 Å². The quantitative estimate of drug-likeness (QED) is 0.130. The number of nitrogens with zero attached hydrogens (tertiary/aromatic N) is 1. The summed E-state index contributed by atoms with van der Waals surface area (Å²) < 4.78 is 43.1. The maximum atomic E-state index is 12.9. The molecule has 1 aromatic carbocycles. The van der Waals surface area contributed by atoms with Crippen LogP contribution in [0.5, 0.6) is 0 Å². The van der Waals surface area contributed by atoms with Crippen LogP contribution in [-0.2, 0) is 37.9 Å². The summed E-state index contributed by atoms with van der Waals surface area (Å²) in [6, 6.07) is 9.13. The second-order valence-corrected chi connectivity index (χ2v) is 8.00. The van der Waals surface area contributed by atoms with Crippen LogP contribution in [0.25, 0.3) is 0 Å². The van der Waals surface area contributed by atoms with Gasteiger partial charge >= 0.3 is 0 Å². The highest BCUT2D eigenvalue weighted by Gasteiger charge is 2.15. The second-order valence-electron chi connectivity index (χ2n) is 8.00. The predicted octanol–water partition coefficient (Wildman–Crippen LogP) is 0.246. The predicted molar refractivity (Wildman–Crippen MR) is 143 cm³/mol. The number of rotatable bonds is 29. The van der Waals surface area contributed by atoms with Gasteiger partial charge in [-0.25, -0.2) is 0 Å². The third-order valence-corrected chi connectivity index (χ3v) is 5.02. The molecule has 12 heteroatoms. The van der Waals surface area contributed by atoms with Crippen molar-refractivity contribution in [3.8, 4) is 0 Å². The molecular formula is C27H47NO11. The Labute approximate surface area is 232 Å². The fourth-order valence-corrected chi connectivity index (χ4v) is 3.08. The van der Waals surface area contributed by atoms with Crippen molar-refractivity contribution in [1.29, 1.82) is 0 Å². The first-order valence-corrected chi connectivity index (χ1v) is 13.5. The van der Waals surface area contributed by atoms with Gasteiger partial charge in [0.15, 0.2) is 0 Å². The topological polar surface area (TPSA) is 135 Å². The van der Waals surface area contributed by atoms with Gasteiger partial charge in [-0.05, 0) is 12.1 Å². The van der Waals surface area contributed by atoms with E-state index in [0.29, 0.717) is 124 Å². The molecule has 1 rings (SSSR count). The molecule has 1 amide bonds. The Hall–Kier alpha value is -1.71. The van der Waals surface area contributed by atoms with E-state index < -0.39 is 0 Å². The number of carbonyl (C=O) groups is 1. The van der Waals surface area contributed by atoms with Crippen molar-refractivity contribution in [2.24, 2.45) is 0 Å². The van der Waals surface area contributed by atoms with Crippen LogP contribution in [0, 0.1) is 0 Å². The molecule has 0 saturated carbocycles. The molecule has 0 heterocycles. The van der Waals surface area contributed by atoms with Gasteiger partial charge in [-0.3, -0.25) is 4.79 Å². The highest BCUT2D eigenvalue weighted by Crippen LogP contribution is 2.05. The standard InChI is InChI=1S/C27H47NO11/c29-8-12-34-16-20-38-24-22-36-18-14-32-10-6-28(27(31)26-4-2-1-3-5-26)7-11-33-15-19-37-23-25-39-21-17-35-13-9-30/h1-5,29-30H,6-25H2. The van der Waals surface area contributed by atoms with E-state index in [-0.39, 0.29) is 19.1 Å². The molecule has 0 radical (unpaired) electrons. The van der Waals surface area contributed by atoms with Crippen molar-refractivity contribution in [2.75, 3.05) is 132 Å². The van der Waals surface area contributed by atoms with Gasteiger partial charge in [0, 0.05) is 18.7 Å². The summed E-state index contributed by atoms with van der Waals surface area (Å²) >= 11 is 0. The van der Waals surface area contributed by atoms with Crippen LogP contribution >= 0.6 is 0 Å². The summed E-state index contributed by atoms with van der Waals surface area (Å²) in [5, 5.41) is 17.2. The molecule has 0 bridgehead atoms. The lowest BCUT2D eigenvalue weighted by atomic mass is 10.2. The van der Waals surface area contributed by atoms with Crippen LogP contribution in [0.2, 0.25) is 0 Å². The second kappa shape index (κ2) is 27.8. The zero-order valence-corrected chi connectivity index (χ0v) is 23.0. The van der Waals surface area contributed by atoms with Crippen LogP contribution in [0.4, 0.5) is 0 Å². The molecule has 0 aliphatic rings. The van der Waals surface area contributed by atoms with E-state index in [0.717, 1.165) is 0 Å². The average Bonchev–Trinajstić information content (AvgIpc) is 2.96. The van der Waals surface area contributed by atoms with Gasteiger partial charge in [0.05, 0.1) is 119 Å². The smallest absolute Gasteiger partial charge is 0.254 e. The summed E-state index contributed by atoms with van der Waals surface area (Å²) in [5.41, 5.74) is 0.618. The van der Waals surface area contributed by atoms with Crippen molar-refractivity contribution < 1.29 is 52.9 Å². The molecule has 39 heavy (non-hydrogen) atoms. The molecule has 0 saturated heterocycles. The maximum absolute atomic E-state index is 12.9. The van der Waals surface area contributed by atoms with Crippen LogP contribution in [0.15, 0.2) is 30.3 Å². The fraction of sp³-hybridized carbons (Fsp3) is 0.741. The Morgan fingerprint density at radius 1 is 0.487 bits per heavy atom. The zero-order valence-electron chi connectivity index (χ0n) is 23.0. The van der Waals surface area contributed by atoms with E-state index in [4.69, 9.17) is 48.1 Å². The molecule has 0 unspecified atom stereocenters. The number of carbonyl (C=O) groups excluding carboxylic acids is 1. The number of amides is 1. The van der Waals surface area contributed by atoms with E-state index in [9.17, 15) is 4.79 Å². The summed E-state index contributed by atoms with van der Waals surface area (Å²) in [6.07, 6.45) is 0. The Balaban J connectivity index is 2.12. The average molecular weight is 562 g/mol. The van der Waals surface area contributed by atoms with Crippen molar-refractivity contribution in [3.63, 3.8) is 0 Å². The number of hydrogen-bond acceptors (Lipinski definition) is 11. The van der Waals surface area contributed by atoms with Crippen molar-refractivity contribution in [2.45, 2.75) is 0 Å². The Kier molecular flexibility index (Phi) is 25.2. The minimum atomic E-state index is -0.0736. The Morgan fingerprint density at radius 2 is 0.795 bits per heavy atom. The van der Waals surface area contributed by atoms with Gasteiger partial charge in [0.25, 0.3) is 5.91 Å². The molecule has 226 valence electrons. The first kappa shape index (κ1) is 35.3. The minimum absolute atomic E-state index is 0.00713. The van der Waals surface area contributed by atoms with Gasteiger partial charge in [-0.1, -0.05) is 18.2 Å². The van der Waals surface area contributed by atoms with E-state index in [1.807, 2.05) is 18.2 Å². The summed E-state index contributed by atoms with van der Waals surface area (Å²) in [6.45, 7) is 7.62. The number of aliphatic hydroxyl groups is 2. The summed E-state index contributed by atoms with van der Waals surface area (Å²) in [7, 11) is 0. The first-order chi connectivity index (χ1) is 19.3. The minimum Gasteiger partial charge on any atom is -0.394 e. The highest BCUT2D eigenvalue weighted by atomic mass is 16.6. The van der Waals surface area contributed by atoms with Crippen LogP contribution in [-0.4, -0.2) is 153 Å². The first-order valence-electron chi connectivity index (χ1n) is 13.5. The normalized spacial score (nSPS) is 11.2. The largest absolute Gasteiger partial charge is 0.394 e. The number of hydrogen-bond donors (Lipinski definition) is 2. The lowest BCUT2D eigenvalue weighted by molar-refractivity contribution is -0.0106. The van der Waals surface area contributed by atoms with Crippen molar-refractivity contribution >= 4 is 5.91 Å². The Morgan fingerprint density at radius 3 is 1.13 bits per heavy atom. The SMILES string of the molecule is O=C(c1ccccc1)N(CCOCCOCCOCCOCCO)CCOCCOCCOCCOCCO. The van der Waals surface area contributed by atoms with Gasteiger partial charge in [-0.15, -0.1) is 0 Å². The molecule has 1 aromatic rings. The highest BCUT2D eigenvalue weighted by molar-refractivity contribution is 5.94. The Bertz CT molecular complexity index is 624. The molecule has 2 N–H and O–H groups in total. The van der Waals surface area contributed by atoms with E-state index in [2.05, 4.69) is 0 Å². The van der Waals surface area contributed by atoms with Crippen molar-refractivity contribution in [3.05, 3.63) is 35.9 Å². The molecule has 12 nitrogen and oxygen atoms in total. The van der Waals surface area contributed by atoms with Crippen LogP contribution in [0.3, 0.4) is 0 Å². The van der Waals surface area contributed by atoms with Gasteiger partial charge < -0.3 is 53.0 Å². The fourth-order valence-electron chi connectivity index (χ4n) is 3.08. The van der Waals surface area contributed by atoms with E-state index in [1.165, 1.54) is 0 Å². The lowest BCUT2D eigenvalue weighted by Gasteiger charge is -2.23. The van der Waals surface area contributed by atoms with Crippen molar-refractivity contribution in [1.82, 2.24) is 4.90 Å². The zero-order chi connectivity index (χ0) is 28.1. The molecule has 0 spiro atoms. The number of ether oxygens (including phenoxy) is 8. The monoisotopic (exact) mass is 561 g/mol. The van der Waals surface area contributed by atoms with Gasteiger partial charge in [0.1, 0.15) is 0 Å². The third kappa shape index (κ3) is 21.8. The lowest BCUT2D eigenvalue weighted by Crippen LogP contribution is -2.37. The molecule has 0 aliphatic heterocycles. The number of aliphatic hydroxyl groups excluding tert-OH is 2. The molecule has 0 aliphatic carbocycles. The van der Waals surface area contributed by atoms with E-state index >= 15 is 0 Å². The van der Waals surface area contributed by atoms with Crippen LogP contribution in [0.1, 0.15) is 10.4 Å². The van der Waals surface area contributed by atoms with Crippen LogP contribution < -0.4 is 0 Å². The summed E-state index contributed by atoms with van der Waals surface area (Å²) in [5.74, 6) is -0.0736. The third-order valence-electron chi connectivity index (χ3n) is 5.02. The molecule has 0 atom stereocenters. The number of benzene rings is 1. The maximum Gasteiger partial charge on any atom is 0.254 e. The molecular weight excluding hydrogens is 514 g/mol. The summed E-state index contributed by atoms with van der Waals surface area (Å²) in [4.78, 5) is 14.7. The molecule has 0 aromatic heterocycles. The van der Waals surface area contributed by atoms with Gasteiger partial charge in [-0.2, -0.15) is 0 Å².